The van der Waals surface area contributed by atoms with Gasteiger partial charge >= 0.3 is 5.97 Å². The molecule has 104 valence electrons. The first-order valence-corrected chi connectivity index (χ1v) is 5.81. The van der Waals surface area contributed by atoms with Gasteiger partial charge in [-0.1, -0.05) is 6.92 Å². The number of halogens is 1. The molecule has 0 heterocycles. The molecule has 0 amide bonds. The minimum atomic E-state index is -1.02. The van der Waals surface area contributed by atoms with Gasteiger partial charge in [0, 0.05) is 18.2 Å². The highest BCUT2D eigenvalue weighted by atomic mass is 19.1. The maximum absolute atomic E-state index is 13.2. The van der Waals surface area contributed by atoms with Crippen LogP contribution in [-0.2, 0) is 11.3 Å². The lowest BCUT2D eigenvalue weighted by molar-refractivity contribution is -0.385. The van der Waals surface area contributed by atoms with Gasteiger partial charge in [-0.25, -0.2) is 4.39 Å². The molecule has 0 saturated heterocycles. The summed E-state index contributed by atoms with van der Waals surface area (Å²) < 4.78 is 13.2. The summed E-state index contributed by atoms with van der Waals surface area (Å²) in [6, 6.07) is 3.18. The van der Waals surface area contributed by atoms with Gasteiger partial charge in [0.25, 0.3) is 5.69 Å². The fourth-order valence-corrected chi connectivity index (χ4v) is 1.82. The Bertz CT molecular complexity index is 479. The molecule has 0 saturated carbocycles. The van der Waals surface area contributed by atoms with Crippen molar-refractivity contribution in [3.8, 4) is 0 Å². The Balaban J connectivity index is 2.96. The topological polar surface area (TPSA) is 83.7 Å². The van der Waals surface area contributed by atoms with Gasteiger partial charge in [0.2, 0.25) is 0 Å². The van der Waals surface area contributed by atoms with Crippen molar-refractivity contribution >= 4 is 11.7 Å². The summed E-state index contributed by atoms with van der Waals surface area (Å²) in [5.74, 6) is -1.60. The van der Waals surface area contributed by atoms with E-state index in [4.69, 9.17) is 5.11 Å². The van der Waals surface area contributed by atoms with Gasteiger partial charge in [-0.15, -0.1) is 0 Å². The predicted molar refractivity (Wildman–Crippen MR) is 66.3 cm³/mol. The highest BCUT2D eigenvalue weighted by molar-refractivity contribution is 5.69. The molecule has 1 N–H and O–H groups in total. The first-order valence-electron chi connectivity index (χ1n) is 5.81. The number of benzene rings is 1. The van der Waals surface area contributed by atoms with Crippen molar-refractivity contribution in [2.24, 2.45) is 0 Å². The molecule has 0 radical (unpaired) electrons. The highest BCUT2D eigenvalue weighted by Crippen LogP contribution is 2.21. The maximum atomic E-state index is 13.2. The minimum absolute atomic E-state index is 0.0359. The van der Waals surface area contributed by atoms with E-state index in [1.165, 1.54) is 4.90 Å². The zero-order chi connectivity index (χ0) is 14.4. The average Bonchev–Trinajstić information content (AvgIpc) is 2.27. The number of hydrogen-bond donors (Lipinski definition) is 1. The molecule has 7 heteroatoms. The van der Waals surface area contributed by atoms with Crippen molar-refractivity contribution in [2.75, 3.05) is 13.1 Å². The number of hydrogen-bond acceptors (Lipinski definition) is 4. The second kappa shape index (κ2) is 6.79. The van der Waals surface area contributed by atoms with Crippen molar-refractivity contribution in [1.29, 1.82) is 0 Å². The zero-order valence-electron chi connectivity index (χ0n) is 10.5. The van der Waals surface area contributed by atoms with Crippen LogP contribution in [0.3, 0.4) is 0 Å². The van der Waals surface area contributed by atoms with Crippen LogP contribution >= 0.6 is 0 Å². The molecule has 19 heavy (non-hydrogen) atoms. The first-order chi connectivity index (χ1) is 8.93. The SMILES string of the molecule is CCCN(CC(=O)O)Cc1cc(F)ccc1[N+](=O)[O-]. The molecule has 6 nitrogen and oxygen atoms in total. The van der Waals surface area contributed by atoms with Gasteiger partial charge in [-0.05, 0) is 25.1 Å². The van der Waals surface area contributed by atoms with Gasteiger partial charge in [0.15, 0.2) is 0 Å². The average molecular weight is 270 g/mol. The van der Waals surface area contributed by atoms with Crippen LogP contribution in [0.5, 0.6) is 0 Å². The Labute approximate surface area is 109 Å². The van der Waals surface area contributed by atoms with Crippen LogP contribution in [0.2, 0.25) is 0 Å². The second-order valence-corrected chi connectivity index (χ2v) is 4.13. The molecule has 0 bridgehead atoms. The van der Waals surface area contributed by atoms with Gasteiger partial charge in [-0.3, -0.25) is 19.8 Å². The van der Waals surface area contributed by atoms with Gasteiger partial charge in [-0.2, -0.15) is 0 Å². The van der Waals surface area contributed by atoms with Crippen LogP contribution in [0.4, 0.5) is 10.1 Å². The highest BCUT2D eigenvalue weighted by Gasteiger charge is 2.18. The zero-order valence-corrected chi connectivity index (χ0v) is 10.5. The van der Waals surface area contributed by atoms with E-state index < -0.39 is 16.7 Å². The van der Waals surface area contributed by atoms with Crippen LogP contribution in [-0.4, -0.2) is 34.0 Å². The largest absolute Gasteiger partial charge is 0.480 e. The van der Waals surface area contributed by atoms with E-state index >= 15 is 0 Å². The number of carbonyl (C=O) groups is 1. The molecular weight excluding hydrogens is 255 g/mol. The second-order valence-electron chi connectivity index (χ2n) is 4.13. The summed E-state index contributed by atoms with van der Waals surface area (Å²) >= 11 is 0. The Morgan fingerprint density at radius 1 is 1.53 bits per heavy atom. The molecule has 0 aliphatic rings. The number of nitro benzene ring substituents is 1. The van der Waals surface area contributed by atoms with E-state index in [-0.39, 0.29) is 24.3 Å². The van der Waals surface area contributed by atoms with E-state index in [0.717, 1.165) is 18.2 Å². The molecule has 1 aromatic rings. The molecule has 1 rings (SSSR count). The van der Waals surface area contributed by atoms with Gasteiger partial charge < -0.3 is 5.11 Å². The molecule has 0 aromatic heterocycles. The Morgan fingerprint density at radius 3 is 2.74 bits per heavy atom. The number of nitrogens with zero attached hydrogens (tertiary/aromatic N) is 2. The number of carboxylic acid groups (broad SMARTS) is 1. The van der Waals surface area contributed by atoms with Crippen molar-refractivity contribution in [3.05, 3.63) is 39.7 Å². The lowest BCUT2D eigenvalue weighted by atomic mass is 10.1. The smallest absolute Gasteiger partial charge is 0.317 e. The lowest BCUT2D eigenvalue weighted by Gasteiger charge is -2.19. The summed E-state index contributed by atoms with van der Waals surface area (Å²) in [5, 5.41) is 19.6. The first kappa shape index (κ1) is 15.0. The molecule has 0 unspecified atom stereocenters. The van der Waals surface area contributed by atoms with Crippen LogP contribution in [0.15, 0.2) is 18.2 Å². The van der Waals surface area contributed by atoms with Crippen molar-refractivity contribution < 1.29 is 19.2 Å². The lowest BCUT2D eigenvalue weighted by Crippen LogP contribution is -2.30. The quantitative estimate of drug-likeness (QED) is 0.605. The van der Waals surface area contributed by atoms with Crippen LogP contribution in [0.25, 0.3) is 0 Å². The summed E-state index contributed by atoms with van der Waals surface area (Å²) in [6.45, 7) is 2.14. The van der Waals surface area contributed by atoms with Crippen molar-refractivity contribution in [1.82, 2.24) is 4.90 Å². The molecular formula is C12H15FN2O4. The molecule has 0 aliphatic heterocycles. The van der Waals surface area contributed by atoms with Crippen molar-refractivity contribution in [2.45, 2.75) is 19.9 Å². The normalized spacial score (nSPS) is 10.7. The summed E-state index contributed by atoms with van der Waals surface area (Å²) in [7, 11) is 0. The third kappa shape index (κ3) is 4.63. The third-order valence-electron chi connectivity index (χ3n) is 2.53. The molecule has 0 atom stereocenters. The number of nitro groups is 1. The summed E-state index contributed by atoms with van der Waals surface area (Å²) in [6.07, 6.45) is 0.705. The molecule has 0 fully saturated rings. The Morgan fingerprint density at radius 2 is 2.21 bits per heavy atom. The summed E-state index contributed by atoms with van der Waals surface area (Å²) in [4.78, 5) is 22.5. The van der Waals surface area contributed by atoms with Gasteiger partial charge in [0.05, 0.1) is 11.5 Å². The monoisotopic (exact) mass is 270 g/mol. The Hall–Kier alpha value is -2.02. The number of carboxylic acids is 1. The van der Waals surface area contributed by atoms with E-state index in [1.807, 2.05) is 6.92 Å². The summed E-state index contributed by atoms with van der Waals surface area (Å²) in [5.41, 5.74) is -0.0207. The third-order valence-corrected chi connectivity index (χ3v) is 2.53. The van der Waals surface area contributed by atoms with Crippen LogP contribution < -0.4 is 0 Å². The van der Waals surface area contributed by atoms with Crippen molar-refractivity contribution in [3.63, 3.8) is 0 Å². The number of aliphatic carboxylic acids is 1. The van der Waals surface area contributed by atoms with Crippen LogP contribution in [0.1, 0.15) is 18.9 Å². The predicted octanol–water partition coefficient (Wildman–Crippen LogP) is 2.03. The van der Waals surface area contributed by atoms with Gasteiger partial charge in [0.1, 0.15) is 5.82 Å². The standard InChI is InChI=1S/C12H15FN2O4/c1-2-5-14(8-12(16)17)7-9-6-10(13)3-4-11(9)15(18)19/h3-4,6H,2,5,7-8H2,1H3,(H,16,17). The van der Waals surface area contributed by atoms with E-state index in [0.29, 0.717) is 13.0 Å². The van der Waals surface area contributed by atoms with Crippen LogP contribution in [0, 0.1) is 15.9 Å². The molecule has 0 aliphatic carbocycles. The number of rotatable bonds is 7. The van der Waals surface area contributed by atoms with E-state index in [9.17, 15) is 19.3 Å². The fraction of sp³-hybridized carbons (Fsp3) is 0.417. The molecule has 0 spiro atoms. The fourth-order valence-electron chi connectivity index (χ4n) is 1.82. The maximum Gasteiger partial charge on any atom is 0.317 e. The van der Waals surface area contributed by atoms with E-state index in [1.54, 1.807) is 0 Å². The van der Waals surface area contributed by atoms with E-state index in [2.05, 4.69) is 0 Å². The minimum Gasteiger partial charge on any atom is -0.480 e. The Kier molecular flexibility index (Phi) is 5.37. The molecule has 1 aromatic carbocycles.